The molecule has 2 aliphatic rings. The normalized spacial score (nSPS) is 17.9. The molecular weight excluding hydrogens is 431 g/mol. The lowest BCUT2D eigenvalue weighted by atomic mass is 10.1. The predicted molar refractivity (Wildman–Crippen MR) is 115 cm³/mol. The molecule has 0 aliphatic carbocycles. The van der Waals surface area contributed by atoms with Crippen LogP contribution in [0.3, 0.4) is 0 Å². The first-order valence-electron chi connectivity index (χ1n) is 10.8. The third-order valence-corrected chi connectivity index (χ3v) is 6.05. The molecule has 5 heterocycles. The maximum atomic E-state index is 13.3. The van der Waals surface area contributed by atoms with Crippen molar-refractivity contribution in [2.75, 3.05) is 18.5 Å². The minimum atomic E-state index is -0.519. The number of pyridine rings is 1. The molecule has 2 aliphatic heterocycles. The van der Waals surface area contributed by atoms with Crippen LogP contribution in [0.5, 0.6) is 0 Å². The Hall–Kier alpha value is -3.60. The fourth-order valence-electron chi connectivity index (χ4n) is 4.32. The van der Waals surface area contributed by atoms with Crippen molar-refractivity contribution in [1.29, 1.82) is 0 Å². The molecule has 11 heteroatoms. The highest BCUT2D eigenvalue weighted by Gasteiger charge is 2.36. The molecule has 10 nitrogen and oxygen atoms in total. The van der Waals surface area contributed by atoms with Crippen LogP contribution in [0.4, 0.5) is 10.2 Å². The number of rotatable bonds is 5. The lowest BCUT2D eigenvalue weighted by Crippen LogP contribution is -2.32. The van der Waals surface area contributed by atoms with Crippen LogP contribution in [0.1, 0.15) is 47.9 Å². The van der Waals surface area contributed by atoms with E-state index in [1.165, 1.54) is 21.2 Å². The summed E-state index contributed by atoms with van der Waals surface area (Å²) >= 11 is 0. The molecule has 3 aromatic rings. The third-order valence-electron chi connectivity index (χ3n) is 6.05. The highest BCUT2D eigenvalue weighted by Crippen LogP contribution is 2.28. The van der Waals surface area contributed by atoms with Gasteiger partial charge in [-0.15, -0.1) is 0 Å². The summed E-state index contributed by atoms with van der Waals surface area (Å²) in [6, 6.07) is 4.17. The van der Waals surface area contributed by atoms with E-state index in [1.54, 1.807) is 11.0 Å². The molecular formula is C22H23FN6O4. The molecule has 0 unspecified atom stereocenters. The van der Waals surface area contributed by atoms with Gasteiger partial charge in [-0.05, 0) is 32.4 Å². The second-order valence-electron chi connectivity index (χ2n) is 8.55. The van der Waals surface area contributed by atoms with E-state index in [4.69, 9.17) is 4.74 Å². The average molecular weight is 454 g/mol. The Morgan fingerprint density at radius 3 is 2.82 bits per heavy atom. The molecule has 0 bridgehead atoms. The minimum absolute atomic E-state index is 0.0488. The Kier molecular flexibility index (Phi) is 5.20. The zero-order valence-electron chi connectivity index (χ0n) is 18.2. The number of nitrogens with zero attached hydrogens (tertiary/aromatic N) is 5. The van der Waals surface area contributed by atoms with Gasteiger partial charge >= 0.3 is 0 Å². The summed E-state index contributed by atoms with van der Waals surface area (Å²) < 4.78 is 21.4. The van der Waals surface area contributed by atoms with E-state index in [-0.39, 0.29) is 48.0 Å². The van der Waals surface area contributed by atoms with Gasteiger partial charge in [0.1, 0.15) is 29.5 Å². The van der Waals surface area contributed by atoms with Gasteiger partial charge in [0, 0.05) is 24.6 Å². The summed E-state index contributed by atoms with van der Waals surface area (Å²) in [6.07, 6.45) is 1.79. The van der Waals surface area contributed by atoms with Crippen LogP contribution >= 0.6 is 0 Å². The molecule has 1 atom stereocenters. The molecule has 3 aromatic heterocycles. The predicted octanol–water partition coefficient (Wildman–Crippen LogP) is 1.54. The van der Waals surface area contributed by atoms with Crippen molar-refractivity contribution in [3.05, 3.63) is 57.5 Å². The van der Waals surface area contributed by atoms with Crippen LogP contribution in [0.2, 0.25) is 0 Å². The van der Waals surface area contributed by atoms with Gasteiger partial charge < -0.3 is 19.5 Å². The molecule has 5 rings (SSSR count). The zero-order chi connectivity index (χ0) is 23.3. The molecule has 0 radical (unpaired) electrons. The number of anilines is 1. The first-order valence-corrected chi connectivity index (χ1v) is 10.8. The van der Waals surface area contributed by atoms with Crippen molar-refractivity contribution < 1.29 is 18.7 Å². The Morgan fingerprint density at radius 1 is 1.33 bits per heavy atom. The number of hydrogen-bond acceptors (Lipinski definition) is 6. The molecule has 1 N–H and O–H groups in total. The standard InChI is InChI=1S/C22H23FN6O4/c1-12(2)27-9-15-20(22(27)32)28(10-18(30)25-17-4-3-14(23)8-24-17)19-7-16(13-5-6-33-11-13)26-29(19)21(15)31/h3-4,7-8,12-13H,5-6,9-11H2,1-2H3,(H,24,25,30)/t13-/m0/s1. The smallest absolute Gasteiger partial charge is 0.280 e. The van der Waals surface area contributed by atoms with Crippen LogP contribution in [0.15, 0.2) is 29.2 Å². The summed E-state index contributed by atoms with van der Waals surface area (Å²) in [7, 11) is 0. The monoisotopic (exact) mass is 454 g/mol. The van der Waals surface area contributed by atoms with E-state index in [0.717, 1.165) is 12.6 Å². The van der Waals surface area contributed by atoms with Crippen LogP contribution in [-0.4, -0.2) is 55.1 Å². The van der Waals surface area contributed by atoms with E-state index < -0.39 is 11.7 Å². The number of nitrogens with one attached hydrogen (secondary N) is 1. The number of ether oxygens (including phenoxy) is 1. The molecule has 0 saturated carbocycles. The molecule has 0 aromatic carbocycles. The number of hydrogen-bond donors (Lipinski definition) is 1. The number of carbonyl (C=O) groups is 2. The van der Waals surface area contributed by atoms with Crippen LogP contribution in [-0.2, 0) is 22.6 Å². The number of fused-ring (bicyclic) bond motifs is 2. The Bertz CT molecular complexity index is 1310. The Balaban J connectivity index is 1.59. The van der Waals surface area contributed by atoms with E-state index in [9.17, 15) is 18.8 Å². The van der Waals surface area contributed by atoms with Gasteiger partial charge in [-0.3, -0.25) is 14.4 Å². The maximum absolute atomic E-state index is 13.3. The molecule has 2 amide bonds. The highest BCUT2D eigenvalue weighted by molar-refractivity contribution is 5.98. The topological polar surface area (TPSA) is 111 Å². The van der Waals surface area contributed by atoms with Crippen molar-refractivity contribution in [3.8, 4) is 0 Å². The van der Waals surface area contributed by atoms with Crippen LogP contribution in [0.25, 0.3) is 5.65 Å². The summed E-state index contributed by atoms with van der Waals surface area (Å²) in [5.74, 6) is -1.06. The van der Waals surface area contributed by atoms with Crippen molar-refractivity contribution in [3.63, 3.8) is 0 Å². The molecule has 0 spiro atoms. The fraction of sp³-hybridized carbons (Fsp3) is 0.409. The number of aromatic nitrogens is 4. The summed E-state index contributed by atoms with van der Waals surface area (Å²) in [6.45, 7) is 4.78. The average Bonchev–Trinajstić information content (AvgIpc) is 3.51. The quantitative estimate of drug-likeness (QED) is 0.626. The number of amides is 2. The van der Waals surface area contributed by atoms with Crippen molar-refractivity contribution in [1.82, 2.24) is 24.1 Å². The Labute approximate surface area is 188 Å². The summed E-state index contributed by atoms with van der Waals surface area (Å²) in [5.41, 5.74) is 1.19. The minimum Gasteiger partial charge on any atom is -0.381 e. The van der Waals surface area contributed by atoms with Gasteiger partial charge in [-0.25, -0.2) is 9.37 Å². The lowest BCUT2D eigenvalue weighted by Gasteiger charge is -2.20. The van der Waals surface area contributed by atoms with Gasteiger partial charge in [0.05, 0.1) is 30.6 Å². The van der Waals surface area contributed by atoms with E-state index in [2.05, 4.69) is 15.4 Å². The fourth-order valence-corrected chi connectivity index (χ4v) is 4.32. The van der Waals surface area contributed by atoms with Crippen LogP contribution in [0, 0.1) is 5.82 Å². The maximum Gasteiger partial charge on any atom is 0.280 e. The number of halogens is 1. The van der Waals surface area contributed by atoms with Crippen molar-refractivity contribution in [2.45, 2.75) is 45.3 Å². The van der Waals surface area contributed by atoms with Gasteiger partial charge in [0.2, 0.25) is 5.91 Å². The van der Waals surface area contributed by atoms with Gasteiger partial charge in [-0.1, -0.05) is 0 Å². The molecule has 1 saturated heterocycles. The SMILES string of the molecule is CC(C)N1Cc2c(n(CC(=O)Nc3ccc(F)cn3)c3cc([C@H]4CCOC4)nn3c2=O)C1=O. The first kappa shape index (κ1) is 21.3. The molecule has 1 fully saturated rings. The third kappa shape index (κ3) is 3.67. The van der Waals surface area contributed by atoms with Gasteiger partial charge in [0.25, 0.3) is 11.5 Å². The second-order valence-corrected chi connectivity index (χ2v) is 8.55. The zero-order valence-corrected chi connectivity index (χ0v) is 18.2. The summed E-state index contributed by atoms with van der Waals surface area (Å²) in [4.78, 5) is 44.8. The number of carbonyl (C=O) groups excluding carboxylic acids is 2. The van der Waals surface area contributed by atoms with Crippen LogP contribution < -0.4 is 10.9 Å². The highest BCUT2D eigenvalue weighted by atomic mass is 19.1. The van der Waals surface area contributed by atoms with E-state index in [1.807, 2.05) is 13.8 Å². The first-order chi connectivity index (χ1) is 15.8. The van der Waals surface area contributed by atoms with Crippen molar-refractivity contribution in [2.24, 2.45) is 0 Å². The Morgan fingerprint density at radius 2 is 2.15 bits per heavy atom. The van der Waals surface area contributed by atoms with Gasteiger partial charge in [0.15, 0.2) is 0 Å². The van der Waals surface area contributed by atoms with E-state index in [0.29, 0.717) is 30.1 Å². The largest absolute Gasteiger partial charge is 0.381 e. The van der Waals surface area contributed by atoms with Crippen molar-refractivity contribution >= 4 is 23.3 Å². The lowest BCUT2D eigenvalue weighted by molar-refractivity contribution is -0.116. The summed E-state index contributed by atoms with van der Waals surface area (Å²) in [5, 5.41) is 7.12. The van der Waals surface area contributed by atoms with Gasteiger partial charge in [-0.2, -0.15) is 9.61 Å². The second kappa shape index (κ2) is 8.07. The molecule has 172 valence electrons. The molecule has 33 heavy (non-hydrogen) atoms. The van der Waals surface area contributed by atoms with E-state index >= 15 is 0 Å².